The lowest BCUT2D eigenvalue weighted by atomic mass is 10.2. The van der Waals surface area contributed by atoms with E-state index in [1.807, 2.05) is 41.2 Å². The SMILES string of the molecule is CC(=O)N(c1nc(C=CC(=O)N(C)Cc2cnn(Cc3ccccc3)c2)cs1)c1ccccc1F. The topological polar surface area (TPSA) is 71.3 Å². The summed E-state index contributed by atoms with van der Waals surface area (Å²) in [6.45, 7) is 2.42. The van der Waals surface area contributed by atoms with Gasteiger partial charge in [-0.2, -0.15) is 5.10 Å². The van der Waals surface area contributed by atoms with Crippen molar-refractivity contribution in [2.24, 2.45) is 0 Å². The molecule has 4 rings (SSSR count). The molecule has 0 bridgehead atoms. The molecule has 0 fully saturated rings. The lowest BCUT2D eigenvalue weighted by Gasteiger charge is -2.18. The van der Waals surface area contributed by atoms with Crippen LogP contribution in [-0.2, 0) is 22.7 Å². The molecule has 7 nitrogen and oxygen atoms in total. The molecule has 178 valence electrons. The van der Waals surface area contributed by atoms with Crippen molar-refractivity contribution in [3.63, 3.8) is 0 Å². The third-order valence-electron chi connectivity index (χ3n) is 5.18. The molecule has 0 N–H and O–H groups in total. The number of nitrogens with zero attached hydrogens (tertiary/aromatic N) is 5. The van der Waals surface area contributed by atoms with Crippen LogP contribution in [0.1, 0.15) is 23.7 Å². The zero-order valence-corrected chi connectivity index (χ0v) is 20.2. The first-order valence-corrected chi connectivity index (χ1v) is 11.8. The first-order valence-electron chi connectivity index (χ1n) is 10.9. The lowest BCUT2D eigenvalue weighted by molar-refractivity contribution is -0.125. The van der Waals surface area contributed by atoms with Crippen molar-refractivity contribution in [3.8, 4) is 0 Å². The number of hydrogen-bond donors (Lipinski definition) is 0. The lowest BCUT2D eigenvalue weighted by Crippen LogP contribution is -2.24. The van der Waals surface area contributed by atoms with E-state index in [2.05, 4.69) is 10.1 Å². The standard InChI is InChI=1S/C26H24FN5O2S/c1-19(33)32(24-11-7-6-10-23(24)27)26-29-22(18-35-26)12-13-25(34)30(2)15-21-14-28-31(17-21)16-20-8-4-3-5-9-20/h3-14,17-18H,15-16H2,1-2H3. The average molecular weight is 490 g/mol. The Bertz CT molecular complexity index is 1350. The van der Waals surface area contributed by atoms with E-state index >= 15 is 0 Å². The Kier molecular flexibility index (Phi) is 7.47. The normalized spacial score (nSPS) is 11.1. The molecule has 0 unspecified atom stereocenters. The summed E-state index contributed by atoms with van der Waals surface area (Å²) in [5.74, 6) is -1.07. The van der Waals surface area contributed by atoms with Gasteiger partial charge in [0, 0.05) is 43.7 Å². The number of rotatable bonds is 8. The number of aromatic nitrogens is 3. The van der Waals surface area contributed by atoms with E-state index in [1.165, 1.54) is 41.4 Å². The van der Waals surface area contributed by atoms with Crippen LogP contribution in [0.3, 0.4) is 0 Å². The Balaban J connectivity index is 1.38. The number of halogens is 1. The monoisotopic (exact) mass is 489 g/mol. The highest BCUT2D eigenvalue weighted by Gasteiger charge is 2.20. The maximum Gasteiger partial charge on any atom is 0.246 e. The summed E-state index contributed by atoms with van der Waals surface area (Å²) in [7, 11) is 1.71. The van der Waals surface area contributed by atoms with Crippen molar-refractivity contribution >= 4 is 40.0 Å². The van der Waals surface area contributed by atoms with Crippen molar-refractivity contribution in [2.45, 2.75) is 20.0 Å². The molecule has 0 aliphatic heterocycles. The highest BCUT2D eigenvalue weighted by Crippen LogP contribution is 2.31. The summed E-state index contributed by atoms with van der Waals surface area (Å²) in [5, 5.41) is 6.41. The summed E-state index contributed by atoms with van der Waals surface area (Å²) in [6.07, 6.45) is 6.68. The van der Waals surface area contributed by atoms with Gasteiger partial charge in [0.25, 0.3) is 0 Å². The van der Waals surface area contributed by atoms with Gasteiger partial charge < -0.3 is 4.90 Å². The van der Waals surface area contributed by atoms with E-state index in [0.29, 0.717) is 23.9 Å². The second-order valence-corrected chi connectivity index (χ2v) is 8.76. The molecule has 0 aliphatic rings. The molecular weight excluding hydrogens is 465 g/mol. The fourth-order valence-electron chi connectivity index (χ4n) is 3.48. The van der Waals surface area contributed by atoms with Gasteiger partial charge in [0.15, 0.2) is 5.13 Å². The third kappa shape index (κ3) is 6.07. The number of carbonyl (C=O) groups is 2. The molecule has 0 spiro atoms. The molecule has 0 saturated heterocycles. The number of para-hydroxylation sites is 1. The zero-order chi connectivity index (χ0) is 24.8. The van der Waals surface area contributed by atoms with Crippen LogP contribution in [0, 0.1) is 5.82 Å². The average Bonchev–Trinajstić information content (AvgIpc) is 3.49. The minimum absolute atomic E-state index is 0.133. The maximum atomic E-state index is 14.2. The van der Waals surface area contributed by atoms with Crippen LogP contribution < -0.4 is 4.90 Å². The molecule has 2 amide bonds. The molecule has 2 aromatic heterocycles. The summed E-state index contributed by atoms with van der Waals surface area (Å²) in [5.41, 5.74) is 2.71. The molecule has 0 atom stereocenters. The molecule has 0 aliphatic carbocycles. The van der Waals surface area contributed by atoms with Crippen LogP contribution in [-0.4, -0.2) is 38.5 Å². The first kappa shape index (κ1) is 24.0. The van der Waals surface area contributed by atoms with Gasteiger partial charge >= 0.3 is 0 Å². The molecular formula is C26H24FN5O2S. The summed E-state index contributed by atoms with van der Waals surface area (Å²) < 4.78 is 16.1. The number of carbonyl (C=O) groups excluding carboxylic acids is 2. The van der Waals surface area contributed by atoms with E-state index in [9.17, 15) is 14.0 Å². The van der Waals surface area contributed by atoms with Crippen molar-refractivity contribution < 1.29 is 14.0 Å². The quantitative estimate of drug-likeness (QED) is 0.331. The third-order valence-corrected chi connectivity index (χ3v) is 6.02. The zero-order valence-electron chi connectivity index (χ0n) is 19.3. The largest absolute Gasteiger partial charge is 0.338 e. The van der Waals surface area contributed by atoms with Crippen LogP contribution >= 0.6 is 11.3 Å². The Morgan fingerprint density at radius 1 is 1.09 bits per heavy atom. The van der Waals surface area contributed by atoms with Crippen molar-refractivity contribution in [1.82, 2.24) is 19.7 Å². The minimum Gasteiger partial charge on any atom is -0.338 e. The minimum atomic E-state index is -0.515. The highest BCUT2D eigenvalue weighted by atomic mass is 32.1. The second-order valence-electron chi connectivity index (χ2n) is 7.92. The van der Waals surface area contributed by atoms with Gasteiger partial charge in [-0.15, -0.1) is 11.3 Å². The number of thiazole rings is 1. The van der Waals surface area contributed by atoms with Gasteiger partial charge in [0.05, 0.1) is 24.1 Å². The van der Waals surface area contributed by atoms with Crippen LogP contribution in [0.4, 0.5) is 15.2 Å². The Labute approximate surface area is 206 Å². The summed E-state index contributed by atoms with van der Waals surface area (Å²) in [4.78, 5) is 32.0. The van der Waals surface area contributed by atoms with Crippen molar-refractivity contribution in [1.29, 1.82) is 0 Å². The van der Waals surface area contributed by atoms with Crippen molar-refractivity contribution in [2.75, 3.05) is 11.9 Å². The van der Waals surface area contributed by atoms with Gasteiger partial charge in [-0.1, -0.05) is 42.5 Å². The number of hydrogen-bond acceptors (Lipinski definition) is 5. The van der Waals surface area contributed by atoms with Crippen LogP contribution in [0.25, 0.3) is 6.08 Å². The number of anilines is 2. The van der Waals surface area contributed by atoms with Crippen LogP contribution in [0.2, 0.25) is 0 Å². The highest BCUT2D eigenvalue weighted by molar-refractivity contribution is 7.14. The molecule has 2 aromatic carbocycles. The summed E-state index contributed by atoms with van der Waals surface area (Å²) in [6, 6.07) is 16.1. The predicted molar refractivity (Wildman–Crippen MR) is 135 cm³/mol. The first-order chi connectivity index (χ1) is 16.9. The van der Waals surface area contributed by atoms with Gasteiger partial charge in [-0.25, -0.2) is 9.37 Å². The molecule has 2 heterocycles. The fraction of sp³-hybridized carbons (Fsp3) is 0.154. The Hall–Kier alpha value is -4.11. The van der Waals surface area contributed by atoms with E-state index < -0.39 is 5.82 Å². The fourth-order valence-corrected chi connectivity index (χ4v) is 4.32. The smallest absolute Gasteiger partial charge is 0.246 e. The molecule has 4 aromatic rings. The molecule has 0 saturated carbocycles. The number of benzene rings is 2. The number of likely N-dealkylation sites (N-methyl/N-ethyl adjacent to an activating group) is 1. The van der Waals surface area contributed by atoms with Gasteiger partial charge in [0.1, 0.15) is 5.82 Å². The Morgan fingerprint density at radius 2 is 1.83 bits per heavy atom. The summed E-state index contributed by atoms with van der Waals surface area (Å²) >= 11 is 1.20. The van der Waals surface area contributed by atoms with Gasteiger partial charge in [-0.3, -0.25) is 19.2 Å². The maximum absolute atomic E-state index is 14.2. The van der Waals surface area contributed by atoms with E-state index in [-0.39, 0.29) is 17.5 Å². The predicted octanol–water partition coefficient (Wildman–Crippen LogP) is 4.88. The second kappa shape index (κ2) is 10.9. The van der Waals surface area contributed by atoms with Crippen LogP contribution in [0.15, 0.2) is 78.4 Å². The van der Waals surface area contributed by atoms with E-state index in [4.69, 9.17) is 0 Å². The Morgan fingerprint density at radius 3 is 2.57 bits per heavy atom. The van der Waals surface area contributed by atoms with Gasteiger partial charge in [-0.05, 0) is 23.8 Å². The molecule has 35 heavy (non-hydrogen) atoms. The van der Waals surface area contributed by atoms with Gasteiger partial charge in [0.2, 0.25) is 11.8 Å². The van der Waals surface area contributed by atoms with Crippen LogP contribution in [0.5, 0.6) is 0 Å². The van der Waals surface area contributed by atoms with E-state index in [1.54, 1.807) is 41.7 Å². The van der Waals surface area contributed by atoms with E-state index in [0.717, 1.165) is 11.1 Å². The number of amides is 2. The van der Waals surface area contributed by atoms with Crippen molar-refractivity contribution in [3.05, 3.63) is 101 Å². The molecule has 9 heteroatoms. The molecule has 0 radical (unpaired) electrons.